The number of halogens is 3. The van der Waals surface area contributed by atoms with Crippen LogP contribution < -0.4 is 11.1 Å². The van der Waals surface area contributed by atoms with Crippen molar-refractivity contribution in [2.75, 3.05) is 26.7 Å². The van der Waals surface area contributed by atoms with Gasteiger partial charge < -0.3 is 16.0 Å². The van der Waals surface area contributed by atoms with Crippen LogP contribution in [-0.2, 0) is 6.42 Å². The number of likely N-dealkylation sites (N-methyl/N-ethyl adjacent to an activating group) is 1. The first-order valence-electron chi connectivity index (χ1n) is 7.34. The Labute approximate surface area is 158 Å². The summed E-state index contributed by atoms with van der Waals surface area (Å²) in [7, 11) is 2.16. The van der Waals surface area contributed by atoms with Crippen LogP contribution in [0.15, 0.2) is 24.3 Å². The van der Waals surface area contributed by atoms with Gasteiger partial charge in [0.15, 0.2) is 0 Å². The Bertz CT molecular complexity index is 461. The number of nitrogens with one attached hydrogen (secondary N) is 1. The van der Waals surface area contributed by atoms with Gasteiger partial charge in [-0.2, -0.15) is 5.26 Å². The van der Waals surface area contributed by atoms with E-state index in [0.29, 0.717) is 11.6 Å². The van der Waals surface area contributed by atoms with Gasteiger partial charge in [0, 0.05) is 18.6 Å². The minimum Gasteiger partial charge on any atom is -0.327 e. The molecule has 0 aliphatic carbocycles. The van der Waals surface area contributed by atoms with E-state index in [9.17, 15) is 0 Å². The molecule has 4 nitrogen and oxygen atoms in total. The predicted octanol–water partition coefficient (Wildman–Crippen LogP) is 2.38. The molecule has 1 saturated heterocycles. The maximum absolute atomic E-state index is 8.76. The summed E-state index contributed by atoms with van der Waals surface area (Å²) in [4.78, 5) is 2.36. The van der Waals surface area contributed by atoms with Gasteiger partial charge in [-0.1, -0.05) is 12.1 Å². The molecule has 0 amide bonds. The molecule has 2 atom stereocenters. The zero-order valence-electron chi connectivity index (χ0n) is 13.4. The third kappa shape index (κ3) is 8.76. The summed E-state index contributed by atoms with van der Waals surface area (Å²) in [6, 6.07) is 10.6. The first kappa shape index (κ1) is 24.7. The molecule has 1 fully saturated rings. The number of benzene rings is 1. The number of hydrogen-bond acceptors (Lipinski definition) is 4. The minimum absolute atomic E-state index is 0. The van der Waals surface area contributed by atoms with Crippen molar-refractivity contribution in [2.45, 2.75) is 31.3 Å². The maximum Gasteiger partial charge on any atom is 0.0991 e. The Kier molecular flexibility index (Phi) is 13.8. The maximum atomic E-state index is 8.76. The van der Waals surface area contributed by atoms with E-state index in [1.54, 1.807) is 0 Å². The van der Waals surface area contributed by atoms with E-state index < -0.39 is 0 Å². The molecular weight excluding hydrogens is 355 g/mol. The Balaban J connectivity index is 0. The molecule has 1 aliphatic heterocycles. The number of nitriles is 1. The van der Waals surface area contributed by atoms with Gasteiger partial charge in [-0.25, -0.2) is 0 Å². The third-order valence-corrected chi connectivity index (χ3v) is 3.92. The summed E-state index contributed by atoms with van der Waals surface area (Å²) in [5.74, 6) is 0. The van der Waals surface area contributed by atoms with Gasteiger partial charge in [-0.3, -0.25) is 0 Å². The largest absolute Gasteiger partial charge is 0.327 e. The molecule has 0 unspecified atom stereocenters. The van der Waals surface area contributed by atoms with Gasteiger partial charge in [0.2, 0.25) is 0 Å². The molecular formula is C16H27Cl3N4. The summed E-state index contributed by atoms with van der Waals surface area (Å²) in [5.41, 5.74) is 8.08. The highest BCUT2D eigenvalue weighted by molar-refractivity contribution is 5.86. The van der Waals surface area contributed by atoms with Gasteiger partial charge in [0.25, 0.3) is 0 Å². The van der Waals surface area contributed by atoms with Crippen LogP contribution in [0.1, 0.15) is 24.0 Å². The highest BCUT2D eigenvalue weighted by Crippen LogP contribution is 2.08. The van der Waals surface area contributed by atoms with Crippen molar-refractivity contribution in [3.05, 3.63) is 35.4 Å². The van der Waals surface area contributed by atoms with Gasteiger partial charge in [0.1, 0.15) is 0 Å². The zero-order valence-corrected chi connectivity index (χ0v) is 15.9. The molecule has 0 spiro atoms. The first-order valence-corrected chi connectivity index (χ1v) is 7.34. The van der Waals surface area contributed by atoms with E-state index >= 15 is 0 Å². The van der Waals surface area contributed by atoms with Crippen LogP contribution in [0.4, 0.5) is 0 Å². The molecule has 1 aromatic carbocycles. The second kappa shape index (κ2) is 12.8. The molecule has 2 rings (SSSR count). The van der Waals surface area contributed by atoms with Crippen LogP contribution >= 0.6 is 37.2 Å². The smallest absolute Gasteiger partial charge is 0.0991 e. The molecule has 132 valence electrons. The Morgan fingerprint density at radius 3 is 2.48 bits per heavy atom. The first-order chi connectivity index (χ1) is 9.67. The molecule has 0 bridgehead atoms. The van der Waals surface area contributed by atoms with Crippen molar-refractivity contribution in [2.24, 2.45) is 5.73 Å². The SMILES string of the molecule is CN1CC[C@@H](NCC[C@H](N)Cc2ccc(C#N)cc2)C1.Cl.Cl.Cl. The standard InChI is InChI=1S/C16H24N4.3ClH/c1-20-9-7-16(12-20)19-8-6-15(18)10-13-2-4-14(11-17)5-3-13;;;/h2-5,15-16,19H,6-10,12,18H2,1H3;3*1H/t15-,16+;;;/m0.../s1. The van der Waals surface area contributed by atoms with Crippen molar-refractivity contribution < 1.29 is 0 Å². The van der Waals surface area contributed by atoms with Crippen molar-refractivity contribution in [3.8, 4) is 6.07 Å². The van der Waals surface area contributed by atoms with Crippen LogP contribution in [0.5, 0.6) is 0 Å². The van der Waals surface area contributed by atoms with Crippen LogP contribution in [0.25, 0.3) is 0 Å². The summed E-state index contributed by atoms with van der Waals surface area (Å²) < 4.78 is 0. The summed E-state index contributed by atoms with van der Waals surface area (Å²) in [5, 5.41) is 12.3. The van der Waals surface area contributed by atoms with Gasteiger partial charge in [-0.05, 0) is 57.1 Å². The zero-order chi connectivity index (χ0) is 14.4. The Morgan fingerprint density at radius 2 is 1.96 bits per heavy atom. The Hall–Kier alpha value is -0.540. The molecule has 1 aromatic rings. The fraction of sp³-hybridized carbons (Fsp3) is 0.562. The van der Waals surface area contributed by atoms with E-state index in [2.05, 4.69) is 23.3 Å². The van der Waals surface area contributed by atoms with E-state index in [1.807, 2.05) is 24.3 Å². The molecule has 7 heteroatoms. The van der Waals surface area contributed by atoms with Crippen LogP contribution in [0.3, 0.4) is 0 Å². The number of hydrogen-bond donors (Lipinski definition) is 2. The predicted molar refractivity (Wildman–Crippen MR) is 103 cm³/mol. The normalized spacial score (nSPS) is 18.0. The lowest BCUT2D eigenvalue weighted by atomic mass is 10.0. The van der Waals surface area contributed by atoms with Gasteiger partial charge in [-0.15, -0.1) is 37.2 Å². The second-order valence-electron chi connectivity index (χ2n) is 5.76. The van der Waals surface area contributed by atoms with Gasteiger partial charge >= 0.3 is 0 Å². The van der Waals surface area contributed by atoms with Crippen LogP contribution in [0, 0.1) is 11.3 Å². The summed E-state index contributed by atoms with van der Waals surface area (Å²) >= 11 is 0. The fourth-order valence-electron chi connectivity index (χ4n) is 2.69. The molecule has 23 heavy (non-hydrogen) atoms. The van der Waals surface area contributed by atoms with E-state index in [0.717, 1.165) is 25.9 Å². The average Bonchev–Trinajstić information content (AvgIpc) is 2.85. The average molecular weight is 382 g/mol. The minimum atomic E-state index is 0. The van der Waals surface area contributed by atoms with Crippen LogP contribution in [-0.4, -0.2) is 43.7 Å². The number of nitrogens with zero attached hydrogens (tertiary/aromatic N) is 2. The molecule has 0 radical (unpaired) electrons. The molecule has 3 N–H and O–H groups in total. The fourth-order valence-corrected chi connectivity index (χ4v) is 2.69. The van der Waals surface area contributed by atoms with Gasteiger partial charge in [0.05, 0.1) is 11.6 Å². The lowest BCUT2D eigenvalue weighted by molar-refractivity contribution is 0.395. The van der Waals surface area contributed by atoms with Crippen molar-refractivity contribution >= 4 is 37.2 Å². The van der Waals surface area contributed by atoms with E-state index in [4.69, 9.17) is 11.0 Å². The number of nitrogens with two attached hydrogens (primary N) is 1. The number of likely N-dealkylation sites (tertiary alicyclic amines) is 1. The quantitative estimate of drug-likeness (QED) is 0.794. The van der Waals surface area contributed by atoms with Crippen molar-refractivity contribution in [3.63, 3.8) is 0 Å². The molecule has 0 saturated carbocycles. The lowest BCUT2D eigenvalue weighted by Gasteiger charge is -2.16. The number of rotatable bonds is 6. The topological polar surface area (TPSA) is 65.1 Å². The van der Waals surface area contributed by atoms with E-state index in [1.165, 1.54) is 18.5 Å². The van der Waals surface area contributed by atoms with Crippen molar-refractivity contribution in [1.29, 1.82) is 5.26 Å². The van der Waals surface area contributed by atoms with Crippen molar-refractivity contribution in [1.82, 2.24) is 10.2 Å². The third-order valence-electron chi connectivity index (χ3n) is 3.92. The lowest BCUT2D eigenvalue weighted by Crippen LogP contribution is -2.35. The van der Waals surface area contributed by atoms with E-state index in [-0.39, 0.29) is 43.3 Å². The Morgan fingerprint density at radius 1 is 1.30 bits per heavy atom. The molecule has 0 aromatic heterocycles. The molecule has 1 heterocycles. The summed E-state index contributed by atoms with van der Waals surface area (Å²) in [6.45, 7) is 3.32. The van der Waals surface area contributed by atoms with Crippen LogP contribution in [0.2, 0.25) is 0 Å². The second-order valence-corrected chi connectivity index (χ2v) is 5.76. The monoisotopic (exact) mass is 380 g/mol. The highest BCUT2D eigenvalue weighted by atomic mass is 35.5. The highest BCUT2D eigenvalue weighted by Gasteiger charge is 2.18. The molecule has 1 aliphatic rings. The summed E-state index contributed by atoms with van der Waals surface area (Å²) in [6.07, 6.45) is 3.10.